The molecular weight excluding hydrogens is 354 g/mol. The largest absolute Gasteiger partial charge is 0.381 e. The van der Waals surface area contributed by atoms with Crippen LogP contribution < -0.4 is 5.32 Å². The van der Waals surface area contributed by atoms with E-state index in [1.807, 2.05) is 14.1 Å². The van der Waals surface area contributed by atoms with E-state index in [1.165, 1.54) is 24.0 Å². The number of hydrogen-bond acceptors (Lipinski definition) is 4. The third-order valence-corrected chi connectivity index (χ3v) is 5.32. The average molecular weight is 390 g/mol. The summed E-state index contributed by atoms with van der Waals surface area (Å²) in [7, 11) is 3.87. The molecule has 1 saturated carbocycles. The zero-order chi connectivity index (χ0) is 19.6. The van der Waals surface area contributed by atoms with Gasteiger partial charge in [0.25, 0.3) is 0 Å². The molecule has 1 aromatic rings. The first-order valence-corrected chi connectivity index (χ1v) is 10.5. The summed E-state index contributed by atoms with van der Waals surface area (Å²) in [4.78, 5) is 6.49. The molecule has 1 aromatic carbocycles. The predicted octanol–water partition coefficient (Wildman–Crippen LogP) is 2.82. The van der Waals surface area contributed by atoms with Crippen molar-refractivity contribution in [1.82, 2.24) is 10.2 Å². The predicted molar refractivity (Wildman–Crippen MR) is 111 cm³/mol. The van der Waals surface area contributed by atoms with Crippen LogP contribution in [0.2, 0.25) is 0 Å². The molecule has 1 saturated heterocycles. The molecule has 156 valence electrons. The van der Waals surface area contributed by atoms with Crippen LogP contribution in [-0.2, 0) is 27.4 Å². The smallest absolute Gasteiger partial charge is 0.193 e. The van der Waals surface area contributed by atoms with Gasteiger partial charge in [-0.2, -0.15) is 0 Å². The summed E-state index contributed by atoms with van der Waals surface area (Å²) in [6, 6.07) is 8.60. The number of rotatable bonds is 10. The topological polar surface area (TPSA) is 55.3 Å². The Morgan fingerprint density at radius 1 is 1.14 bits per heavy atom. The standard InChI is InChI=1S/C22H35N3O3/c1-23-22(25(2)11-14-27-16-19-7-8-19)24-15-18-3-5-20(6-4-18)17-28-21-9-12-26-13-10-21/h3-6,19,21H,7-17H2,1-2H3,(H,23,24). The number of likely N-dealkylation sites (N-methyl/N-ethyl adjacent to an activating group) is 1. The van der Waals surface area contributed by atoms with Gasteiger partial charge in [0.15, 0.2) is 5.96 Å². The molecule has 0 atom stereocenters. The van der Waals surface area contributed by atoms with Crippen molar-refractivity contribution in [3.63, 3.8) is 0 Å². The number of nitrogens with zero attached hydrogens (tertiary/aromatic N) is 2. The van der Waals surface area contributed by atoms with Crippen molar-refractivity contribution in [2.75, 3.05) is 47.1 Å². The van der Waals surface area contributed by atoms with Crippen LogP contribution in [0.3, 0.4) is 0 Å². The number of nitrogens with one attached hydrogen (secondary N) is 1. The second-order valence-electron chi connectivity index (χ2n) is 7.78. The first-order chi connectivity index (χ1) is 13.7. The summed E-state index contributed by atoms with van der Waals surface area (Å²) < 4.78 is 17.1. The zero-order valence-corrected chi connectivity index (χ0v) is 17.4. The number of aliphatic imine (C=N–C) groups is 1. The molecule has 3 rings (SSSR count). The van der Waals surface area contributed by atoms with E-state index in [4.69, 9.17) is 14.2 Å². The van der Waals surface area contributed by atoms with E-state index in [0.717, 1.165) is 64.2 Å². The SMILES string of the molecule is CN=C(NCc1ccc(COC2CCOCC2)cc1)N(C)CCOCC1CC1. The van der Waals surface area contributed by atoms with Crippen molar-refractivity contribution in [2.45, 2.75) is 44.9 Å². The maximum Gasteiger partial charge on any atom is 0.193 e. The second kappa shape index (κ2) is 11.4. The number of hydrogen-bond donors (Lipinski definition) is 1. The quantitative estimate of drug-likeness (QED) is 0.379. The molecule has 2 fully saturated rings. The molecule has 0 spiro atoms. The summed E-state index contributed by atoms with van der Waals surface area (Å²) in [5.41, 5.74) is 2.44. The average Bonchev–Trinajstić information content (AvgIpc) is 3.56. The van der Waals surface area contributed by atoms with Crippen LogP contribution in [0, 0.1) is 5.92 Å². The van der Waals surface area contributed by atoms with Gasteiger partial charge in [0.2, 0.25) is 0 Å². The number of benzene rings is 1. The molecule has 6 heteroatoms. The first kappa shape index (κ1) is 21.1. The maximum atomic E-state index is 5.99. The van der Waals surface area contributed by atoms with Gasteiger partial charge >= 0.3 is 0 Å². The van der Waals surface area contributed by atoms with Crippen LogP contribution in [-0.4, -0.2) is 64.0 Å². The van der Waals surface area contributed by atoms with Crippen LogP contribution in [0.15, 0.2) is 29.3 Å². The van der Waals surface area contributed by atoms with Gasteiger partial charge in [-0.1, -0.05) is 24.3 Å². The molecule has 6 nitrogen and oxygen atoms in total. The minimum atomic E-state index is 0.335. The van der Waals surface area contributed by atoms with Crippen LogP contribution in [0.25, 0.3) is 0 Å². The molecule has 1 heterocycles. The fraction of sp³-hybridized carbons (Fsp3) is 0.682. The van der Waals surface area contributed by atoms with E-state index in [-0.39, 0.29) is 0 Å². The van der Waals surface area contributed by atoms with Crippen LogP contribution in [0.5, 0.6) is 0 Å². The lowest BCUT2D eigenvalue weighted by molar-refractivity contribution is -0.0390. The Morgan fingerprint density at radius 2 is 1.86 bits per heavy atom. The second-order valence-corrected chi connectivity index (χ2v) is 7.78. The van der Waals surface area contributed by atoms with Gasteiger partial charge in [-0.15, -0.1) is 0 Å². The third-order valence-electron chi connectivity index (χ3n) is 5.32. The highest BCUT2D eigenvalue weighted by atomic mass is 16.5. The molecule has 0 radical (unpaired) electrons. The minimum Gasteiger partial charge on any atom is -0.381 e. The molecular formula is C22H35N3O3. The van der Waals surface area contributed by atoms with Crippen molar-refractivity contribution in [1.29, 1.82) is 0 Å². The van der Waals surface area contributed by atoms with Crippen molar-refractivity contribution in [2.24, 2.45) is 10.9 Å². The van der Waals surface area contributed by atoms with E-state index in [2.05, 4.69) is 39.5 Å². The van der Waals surface area contributed by atoms with Gasteiger partial charge < -0.3 is 24.4 Å². The Labute approximate surface area is 169 Å². The first-order valence-electron chi connectivity index (χ1n) is 10.5. The Hall–Kier alpha value is -1.63. The Bertz CT molecular complexity index is 596. The summed E-state index contributed by atoms with van der Waals surface area (Å²) in [5, 5.41) is 3.43. The molecule has 1 aliphatic carbocycles. The van der Waals surface area contributed by atoms with Gasteiger partial charge in [-0.25, -0.2) is 0 Å². The van der Waals surface area contributed by atoms with Crippen molar-refractivity contribution >= 4 is 5.96 Å². The van der Waals surface area contributed by atoms with Crippen LogP contribution >= 0.6 is 0 Å². The highest BCUT2D eigenvalue weighted by molar-refractivity contribution is 5.79. The van der Waals surface area contributed by atoms with Crippen molar-refractivity contribution < 1.29 is 14.2 Å². The van der Waals surface area contributed by atoms with E-state index < -0.39 is 0 Å². The molecule has 2 aliphatic rings. The third kappa shape index (κ3) is 7.41. The molecule has 0 bridgehead atoms. The van der Waals surface area contributed by atoms with Gasteiger partial charge in [0, 0.05) is 47.0 Å². The maximum absolute atomic E-state index is 5.99. The fourth-order valence-electron chi connectivity index (χ4n) is 3.22. The van der Waals surface area contributed by atoms with E-state index >= 15 is 0 Å². The highest BCUT2D eigenvalue weighted by Crippen LogP contribution is 2.28. The van der Waals surface area contributed by atoms with Crippen molar-refractivity contribution in [3.05, 3.63) is 35.4 Å². The Kier molecular flexibility index (Phi) is 8.58. The van der Waals surface area contributed by atoms with Crippen LogP contribution in [0.4, 0.5) is 0 Å². The normalized spacial score (nSPS) is 18.3. The van der Waals surface area contributed by atoms with E-state index in [9.17, 15) is 0 Å². The van der Waals surface area contributed by atoms with Gasteiger partial charge in [0.05, 0.1) is 19.3 Å². The Balaban J connectivity index is 1.34. The monoisotopic (exact) mass is 389 g/mol. The van der Waals surface area contributed by atoms with Crippen molar-refractivity contribution in [3.8, 4) is 0 Å². The van der Waals surface area contributed by atoms with E-state index in [1.54, 1.807) is 0 Å². The number of ether oxygens (including phenoxy) is 3. The molecule has 1 aliphatic heterocycles. The lowest BCUT2D eigenvalue weighted by atomic mass is 10.1. The highest BCUT2D eigenvalue weighted by Gasteiger charge is 2.21. The minimum absolute atomic E-state index is 0.335. The van der Waals surface area contributed by atoms with Gasteiger partial charge in [-0.05, 0) is 42.7 Å². The molecule has 28 heavy (non-hydrogen) atoms. The summed E-state index contributed by atoms with van der Waals surface area (Å²) in [5.74, 6) is 1.70. The molecule has 0 unspecified atom stereocenters. The number of guanidine groups is 1. The summed E-state index contributed by atoms with van der Waals surface area (Å²) in [6.45, 7) is 5.55. The zero-order valence-electron chi connectivity index (χ0n) is 17.4. The lowest BCUT2D eigenvalue weighted by Gasteiger charge is -2.23. The summed E-state index contributed by atoms with van der Waals surface area (Å²) in [6.07, 6.45) is 5.00. The molecule has 0 amide bonds. The van der Waals surface area contributed by atoms with Gasteiger partial charge in [-0.3, -0.25) is 4.99 Å². The lowest BCUT2D eigenvalue weighted by Crippen LogP contribution is -2.40. The molecule has 0 aromatic heterocycles. The van der Waals surface area contributed by atoms with Crippen LogP contribution in [0.1, 0.15) is 36.8 Å². The van der Waals surface area contributed by atoms with Gasteiger partial charge in [0.1, 0.15) is 0 Å². The molecule has 1 N–H and O–H groups in total. The summed E-state index contributed by atoms with van der Waals surface area (Å²) >= 11 is 0. The van der Waals surface area contributed by atoms with E-state index in [0.29, 0.717) is 12.7 Å². The fourth-order valence-corrected chi connectivity index (χ4v) is 3.22. The Morgan fingerprint density at radius 3 is 2.54 bits per heavy atom.